The van der Waals surface area contributed by atoms with Crippen molar-refractivity contribution in [1.29, 1.82) is 0 Å². The summed E-state index contributed by atoms with van der Waals surface area (Å²) >= 11 is 0. The summed E-state index contributed by atoms with van der Waals surface area (Å²) in [6.07, 6.45) is 1.05. The van der Waals surface area contributed by atoms with E-state index in [0.29, 0.717) is 31.5 Å². The molecule has 164 valence electrons. The van der Waals surface area contributed by atoms with Crippen molar-refractivity contribution in [3.8, 4) is 0 Å². The molecule has 0 saturated carbocycles. The van der Waals surface area contributed by atoms with Crippen LogP contribution in [0.2, 0.25) is 0 Å². The topological polar surface area (TPSA) is 75.7 Å². The molecular formula is C25H30N2O4. The third-order valence-corrected chi connectivity index (χ3v) is 5.56. The Bertz CT molecular complexity index is 909. The third kappa shape index (κ3) is 6.17. The molecule has 2 amide bonds. The van der Waals surface area contributed by atoms with Crippen LogP contribution in [0.15, 0.2) is 54.6 Å². The molecule has 0 aromatic heterocycles. The smallest absolute Gasteiger partial charge is 0.321 e. The minimum Gasteiger partial charge on any atom is -0.457 e. The molecule has 1 fully saturated rings. The van der Waals surface area contributed by atoms with Crippen LogP contribution in [0.5, 0.6) is 0 Å². The lowest BCUT2D eigenvalue weighted by molar-refractivity contribution is -0.148. The number of carbonyl (C=O) groups excluding carboxylic acids is 3. The molecule has 6 nitrogen and oxygen atoms in total. The first kappa shape index (κ1) is 22.5. The molecule has 1 aliphatic rings. The number of amides is 2. The van der Waals surface area contributed by atoms with Crippen LogP contribution in [0.1, 0.15) is 49.5 Å². The number of urea groups is 1. The quantitative estimate of drug-likeness (QED) is 0.562. The van der Waals surface area contributed by atoms with Crippen molar-refractivity contribution in [1.82, 2.24) is 4.90 Å². The normalized spacial score (nSPS) is 14.7. The fourth-order valence-electron chi connectivity index (χ4n) is 3.54. The summed E-state index contributed by atoms with van der Waals surface area (Å²) in [4.78, 5) is 38.8. The van der Waals surface area contributed by atoms with Crippen LogP contribution in [-0.2, 0) is 14.9 Å². The Morgan fingerprint density at radius 1 is 0.968 bits per heavy atom. The second kappa shape index (κ2) is 9.77. The van der Waals surface area contributed by atoms with E-state index in [1.54, 1.807) is 17.0 Å². The SMILES string of the molecule is CC(C)(C)c1ccc(C(=O)COC(=O)C2CCN(C(=O)Nc3ccccc3)CC2)cc1. The second-order valence-corrected chi connectivity index (χ2v) is 8.92. The van der Waals surface area contributed by atoms with Crippen LogP contribution in [0.4, 0.5) is 10.5 Å². The van der Waals surface area contributed by atoms with E-state index in [4.69, 9.17) is 4.74 Å². The van der Waals surface area contributed by atoms with E-state index in [1.165, 1.54) is 0 Å². The van der Waals surface area contributed by atoms with Gasteiger partial charge in [-0.25, -0.2) is 4.79 Å². The van der Waals surface area contributed by atoms with Gasteiger partial charge in [-0.15, -0.1) is 0 Å². The van der Waals surface area contributed by atoms with E-state index in [1.807, 2.05) is 42.5 Å². The number of hydrogen-bond acceptors (Lipinski definition) is 4. The summed E-state index contributed by atoms with van der Waals surface area (Å²) in [7, 11) is 0. The molecule has 1 aliphatic heterocycles. The van der Waals surface area contributed by atoms with E-state index < -0.39 is 0 Å². The number of likely N-dealkylation sites (tertiary alicyclic amines) is 1. The Balaban J connectivity index is 1.43. The first-order chi connectivity index (χ1) is 14.7. The Labute approximate surface area is 183 Å². The lowest BCUT2D eigenvalue weighted by Gasteiger charge is -2.30. The molecule has 0 bridgehead atoms. The van der Waals surface area contributed by atoms with Crippen molar-refractivity contribution >= 4 is 23.5 Å². The predicted octanol–water partition coefficient (Wildman–Crippen LogP) is 4.65. The van der Waals surface area contributed by atoms with Crippen LogP contribution < -0.4 is 5.32 Å². The highest BCUT2D eigenvalue weighted by Crippen LogP contribution is 2.23. The van der Waals surface area contributed by atoms with E-state index in [0.717, 1.165) is 11.3 Å². The zero-order valence-corrected chi connectivity index (χ0v) is 18.4. The van der Waals surface area contributed by atoms with Crippen molar-refractivity contribution in [2.75, 3.05) is 25.0 Å². The van der Waals surface area contributed by atoms with Crippen LogP contribution >= 0.6 is 0 Å². The maximum absolute atomic E-state index is 12.4. The number of carbonyl (C=O) groups is 3. The maximum Gasteiger partial charge on any atom is 0.321 e. The fraction of sp³-hybridized carbons (Fsp3) is 0.400. The summed E-state index contributed by atoms with van der Waals surface area (Å²) in [5.41, 5.74) is 2.43. The monoisotopic (exact) mass is 422 g/mol. The number of piperidine rings is 1. The molecule has 2 aromatic rings. The van der Waals surface area contributed by atoms with Crippen LogP contribution in [0.25, 0.3) is 0 Å². The number of ether oxygens (including phenoxy) is 1. The van der Waals surface area contributed by atoms with Gasteiger partial charge in [-0.3, -0.25) is 9.59 Å². The molecule has 31 heavy (non-hydrogen) atoms. The van der Waals surface area contributed by atoms with Gasteiger partial charge in [0.25, 0.3) is 0 Å². The van der Waals surface area contributed by atoms with Crippen molar-refractivity contribution in [2.45, 2.75) is 39.0 Å². The summed E-state index contributed by atoms with van der Waals surface area (Å²) in [6, 6.07) is 16.5. The van der Waals surface area contributed by atoms with Gasteiger partial charge in [0.05, 0.1) is 5.92 Å². The molecule has 0 spiro atoms. The number of nitrogens with zero attached hydrogens (tertiary/aromatic N) is 1. The molecule has 0 atom stereocenters. The van der Waals surface area contributed by atoms with E-state index in [9.17, 15) is 14.4 Å². The van der Waals surface area contributed by atoms with Crippen molar-refractivity contribution in [3.05, 3.63) is 65.7 Å². The van der Waals surface area contributed by atoms with Gasteiger partial charge in [-0.2, -0.15) is 0 Å². The average molecular weight is 423 g/mol. The van der Waals surface area contributed by atoms with Crippen molar-refractivity contribution in [3.63, 3.8) is 0 Å². The van der Waals surface area contributed by atoms with Gasteiger partial charge in [0, 0.05) is 24.3 Å². The standard InChI is InChI=1S/C25H30N2O4/c1-25(2,3)20-11-9-18(10-12-20)22(28)17-31-23(29)19-13-15-27(16-14-19)24(30)26-21-7-5-4-6-8-21/h4-12,19H,13-17H2,1-3H3,(H,26,30). The molecule has 1 N–H and O–H groups in total. The molecule has 1 saturated heterocycles. The zero-order chi connectivity index (χ0) is 22.4. The lowest BCUT2D eigenvalue weighted by Crippen LogP contribution is -2.42. The van der Waals surface area contributed by atoms with Crippen LogP contribution in [0.3, 0.4) is 0 Å². The lowest BCUT2D eigenvalue weighted by atomic mass is 9.86. The van der Waals surface area contributed by atoms with Crippen molar-refractivity contribution < 1.29 is 19.1 Å². The molecular weight excluding hydrogens is 392 g/mol. The van der Waals surface area contributed by atoms with Crippen LogP contribution in [0, 0.1) is 5.92 Å². The number of ketones is 1. The number of para-hydroxylation sites is 1. The number of nitrogens with one attached hydrogen (secondary N) is 1. The number of hydrogen-bond donors (Lipinski definition) is 1. The Morgan fingerprint density at radius 2 is 1.58 bits per heavy atom. The molecule has 3 rings (SSSR count). The summed E-state index contributed by atoms with van der Waals surface area (Å²) in [5.74, 6) is -0.881. The largest absolute Gasteiger partial charge is 0.457 e. The molecule has 0 radical (unpaired) electrons. The van der Waals surface area contributed by atoms with Gasteiger partial charge >= 0.3 is 12.0 Å². The minimum absolute atomic E-state index is 0.0148. The van der Waals surface area contributed by atoms with Crippen LogP contribution in [-0.4, -0.2) is 42.4 Å². The highest BCUT2D eigenvalue weighted by Gasteiger charge is 2.29. The van der Waals surface area contributed by atoms with E-state index in [-0.39, 0.29) is 35.7 Å². The van der Waals surface area contributed by atoms with Gasteiger partial charge < -0.3 is 15.0 Å². The van der Waals surface area contributed by atoms with Gasteiger partial charge in [0.15, 0.2) is 12.4 Å². The Kier molecular flexibility index (Phi) is 7.10. The predicted molar refractivity (Wildman–Crippen MR) is 120 cm³/mol. The second-order valence-electron chi connectivity index (χ2n) is 8.92. The Hall–Kier alpha value is -3.15. The third-order valence-electron chi connectivity index (χ3n) is 5.56. The van der Waals surface area contributed by atoms with E-state index >= 15 is 0 Å². The number of benzene rings is 2. The zero-order valence-electron chi connectivity index (χ0n) is 18.4. The van der Waals surface area contributed by atoms with Gasteiger partial charge in [-0.05, 0) is 36.0 Å². The number of Topliss-reactive ketones (excluding diaryl/α,β-unsaturated/α-hetero) is 1. The summed E-state index contributed by atoms with van der Waals surface area (Å²) in [6.45, 7) is 7.02. The molecule has 0 unspecified atom stereocenters. The molecule has 2 aromatic carbocycles. The Morgan fingerprint density at radius 3 is 2.16 bits per heavy atom. The first-order valence-electron chi connectivity index (χ1n) is 10.7. The van der Waals surface area contributed by atoms with Crippen molar-refractivity contribution in [2.24, 2.45) is 5.92 Å². The maximum atomic E-state index is 12.4. The summed E-state index contributed by atoms with van der Waals surface area (Å²) in [5, 5.41) is 2.85. The fourth-order valence-corrected chi connectivity index (χ4v) is 3.54. The molecule has 6 heteroatoms. The minimum atomic E-state index is -0.372. The number of rotatable bonds is 5. The molecule has 0 aliphatic carbocycles. The van der Waals surface area contributed by atoms with Gasteiger partial charge in [0.1, 0.15) is 0 Å². The number of anilines is 1. The first-order valence-corrected chi connectivity index (χ1v) is 10.7. The van der Waals surface area contributed by atoms with Gasteiger partial charge in [-0.1, -0.05) is 63.2 Å². The average Bonchev–Trinajstić information content (AvgIpc) is 2.77. The summed E-state index contributed by atoms with van der Waals surface area (Å²) < 4.78 is 5.28. The van der Waals surface area contributed by atoms with E-state index in [2.05, 4.69) is 26.1 Å². The highest BCUT2D eigenvalue weighted by atomic mass is 16.5. The number of esters is 1. The highest BCUT2D eigenvalue weighted by molar-refractivity contribution is 5.98. The van der Waals surface area contributed by atoms with Gasteiger partial charge in [0.2, 0.25) is 0 Å². The molecule has 1 heterocycles.